The molecule has 31 heavy (non-hydrogen) atoms. The standard InChI is InChI=1S/C22H14N4O5/c23-14(27)9-26-16-11-6-2-4-8-13(11)30-19(28)15(16)22(20(26)29)12-7-3-1-5-10(12)17-18(22)25-21(24)31-17/h1-8H,9H2,(H2,23,27)(H2,24,25)/t22-/m1/s1. The van der Waals surface area contributed by atoms with Crippen LogP contribution in [0.1, 0.15) is 16.8 Å². The van der Waals surface area contributed by atoms with E-state index in [1.807, 2.05) is 0 Å². The largest absolute Gasteiger partial charge is 0.423 e. The fraction of sp³-hybridized carbons (Fsp3) is 0.0909. The number of nitrogens with two attached hydrogens (primary N) is 2. The van der Waals surface area contributed by atoms with Gasteiger partial charge in [0.2, 0.25) is 11.8 Å². The van der Waals surface area contributed by atoms with E-state index in [2.05, 4.69) is 4.98 Å². The Labute approximate surface area is 173 Å². The summed E-state index contributed by atoms with van der Waals surface area (Å²) in [5, 5.41) is 0.506. The number of anilines is 2. The number of oxazole rings is 1. The third-order valence-electron chi connectivity index (χ3n) is 5.89. The summed E-state index contributed by atoms with van der Waals surface area (Å²) in [5.74, 6) is -0.954. The zero-order valence-electron chi connectivity index (χ0n) is 15.9. The van der Waals surface area contributed by atoms with Gasteiger partial charge in [-0.25, -0.2) is 4.79 Å². The Kier molecular flexibility index (Phi) is 3.15. The van der Waals surface area contributed by atoms with E-state index in [1.54, 1.807) is 48.5 Å². The molecule has 4 aromatic rings. The molecule has 152 valence electrons. The number of carbonyl (C=O) groups is 2. The summed E-state index contributed by atoms with van der Waals surface area (Å²) in [6.07, 6.45) is 0. The second-order valence-corrected chi connectivity index (χ2v) is 7.49. The fourth-order valence-corrected chi connectivity index (χ4v) is 4.84. The molecule has 0 bridgehead atoms. The van der Waals surface area contributed by atoms with Crippen molar-refractivity contribution in [1.82, 2.24) is 4.98 Å². The molecule has 3 heterocycles. The first-order chi connectivity index (χ1) is 14.9. The molecule has 1 atom stereocenters. The molecule has 1 aliphatic carbocycles. The molecule has 6 rings (SSSR count). The van der Waals surface area contributed by atoms with Crippen LogP contribution in [0.4, 0.5) is 11.7 Å². The SMILES string of the molecule is NC(=O)CN1C(=O)[C@]2(c3ccccc3-c3oc(N)nc32)c2c1c1ccccc1oc2=O. The summed E-state index contributed by atoms with van der Waals surface area (Å²) >= 11 is 0. The number of nitrogens with zero attached hydrogens (tertiary/aromatic N) is 2. The molecule has 0 fully saturated rings. The highest BCUT2D eigenvalue weighted by atomic mass is 16.4. The van der Waals surface area contributed by atoms with Gasteiger partial charge >= 0.3 is 5.63 Å². The topological polar surface area (TPSA) is 146 Å². The van der Waals surface area contributed by atoms with Crippen molar-refractivity contribution >= 4 is 34.5 Å². The molecule has 2 amide bonds. The Hall–Kier alpha value is -4.40. The fourth-order valence-electron chi connectivity index (χ4n) is 4.84. The number of amides is 2. The van der Waals surface area contributed by atoms with Crippen LogP contribution in [0.15, 0.2) is 62.2 Å². The van der Waals surface area contributed by atoms with E-state index >= 15 is 0 Å². The Bertz CT molecular complexity index is 1520. The summed E-state index contributed by atoms with van der Waals surface area (Å²) in [7, 11) is 0. The summed E-state index contributed by atoms with van der Waals surface area (Å²) in [6.45, 7) is -0.411. The van der Waals surface area contributed by atoms with Crippen molar-refractivity contribution in [2.24, 2.45) is 5.73 Å². The van der Waals surface area contributed by atoms with Gasteiger partial charge in [-0.15, -0.1) is 0 Å². The minimum atomic E-state index is -1.65. The summed E-state index contributed by atoms with van der Waals surface area (Å²) in [4.78, 5) is 44.8. The Balaban J connectivity index is 1.83. The van der Waals surface area contributed by atoms with Gasteiger partial charge in [0.25, 0.3) is 6.01 Å². The number of hydrogen-bond acceptors (Lipinski definition) is 7. The van der Waals surface area contributed by atoms with E-state index in [0.717, 1.165) is 0 Å². The lowest BCUT2D eigenvalue weighted by atomic mass is 9.76. The third-order valence-corrected chi connectivity index (χ3v) is 5.89. The van der Waals surface area contributed by atoms with Gasteiger partial charge in [-0.2, -0.15) is 4.98 Å². The van der Waals surface area contributed by atoms with Crippen LogP contribution in [-0.4, -0.2) is 23.3 Å². The van der Waals surface area contributed by atoms with Crippen molar-refractivity contribution in [3.8, 4) is 11.3 Å². The number of carbonyl (C=O) groups excluding carboxylic acids is 2. The first-order valence-corrected chi connectivity index (χ1v) is 9.48. The zero-order valence-corrected chi connectivity index (χ0v) is 15.9. The van der Waals surface area contributed by atoms with Crippen LogP contribution < -0.4 is 22.0 Å². The van der Waals surface area contributed by atoms with Gasteiger partial charge in [-0.05, 0) is 17.7 Å². The van der Waals surface area contributed by atoms with Crippen LogP contribution in [0.25, 0.3) is 22.3 Å². The minimum absolute atomic E-state index is 0.0666. The average molecular weight is 414 g/mol. The van der Waals surface area contributed by atoms with Crippen molar-refractivity contribution < 1.29 is 18.4 Å². The van der Waals surface area contributed by atoms with E-state index in [4.69, 9.17) is 20.3 Å². The van der Waals surface area contributed by atoms with Crippen molar-refractivity contribution in [2.45, 2.75) is 5.41 Å². The van der Waals surface area contributed by atoms with E-state index in [0.29, 0.717) is 22.3 Å². The molecule has 1 spiro atoms. The molecule has 2 aliphatic rings. The third kappa shape index (κ3) is 1.95. The van der Waals surface area contributed by atoms with E-state index in [9.17, 15) is 14.4 Å². The lowest BCUT2D eigenvalue weighted by Crippen LogP contribution is -2.45. The van der Waals surface area contributed by atoms with E-state index < -0.39 is 29.4 Å². The molecular weight excluding hydrogens is 400 g/mol. The van der Waals surface area contributed by atoms with Crippen molar-refractivity contribution in [1.29, 1.82) is 0 Å². The van der Waals surface area contributed by atoms with E-state index in [-0.39, 0.29) is 28.5 Å². The molecule has 0 saturated carbocycles. The first-order valence-electron chi connectivity index (χ1n) is 9.48. The molecule has 4 N–H and O–H groups in total. The number of rotatable bonds is 2. The first kappa shape index (κ1) is 17.5. The van der Waals surface area contributed by atoms with Crippen LogP contribution in [0.3, 0.4) is 0 Å². The smallest absolute Gasteiger partial charge is 0.343 e. The number of para-hydroxylation sites is 1. The number of aromatic nitrogens is 1. The van der Waals surface area contributed by atoms with Gasteiger partial charge in [-0.3, -0.25) is 9.59 Å². The Morgan fingerprint density at radius 2 is 1.81 bits per heavy atom. The summed E-state index contributed by atoms with van der Waals surface area (Å²) in [6, 6.07) is 13.7. The second kappa shape index (κ2) is 5.60. The Morgan fingerprint density at radius 1 is 1.06 bits per heavy atom. The molecule has 0 saturated heterocycles. The second-order valence-electron chi connectivity index (χ2n) is 7.49. The van der Waals surface area contributed by atoms with Gasteiger partial charge in [-0.1, -0.05) is 36.4 Å². The quantitative estimate of drug-likeness (QED) is 0.473. The maximum absolute atomic E-state index is 14.1. The van der Waals surface area contributed by atoms with E-state index in [1.165, 1.54) is 4.90 Å². The van der Waals surface area contributed by atoms with Gasteiger partial charge in [0.1, 0.15) is 17.8 Å². The van der Waals surface area contributed by atoms with Gasteiger partial charge in [0, 0.05) is 10.9 Å². The molecular formula is C22H14N4O5. The number of benzene rings is 2. The molecule has 0 unspecified atom stereocenters. The average Bonchev–Trinajstić information content (AvgIpc) is 3.33. The maximum Gasteiger partial charge on any atom is 0.343 e. The number of fused-ring (bicyclic) bond motifs is 9. The predicted octanol–water partition coefficient (Wildman–Crippen LogP) is 1.51. The monoisotopic (exact) mass is 414 g/mol. The van der Waals surface area contributed by atoms with Crippen LogP contribution >= 0.6 is 0 Å². The highest BCUT2D eigenvalue weighted by Gasteiger charge is 2.63. The van der Waals surface area contributed by atoms with Crippen LogP contribution in [0.2, 0.25) is 0 Å². The van der Waals surface area contributed by atoms with Crippen molar-refractivity contribution in [3.05, 3.63) is 75.8 Å². The van der Waals surface area contributed by atoms with Gasteiger partial charge < -0.3 is 25.2 Å². The highest BCUT2D eigenvalue weighted by Crippen LogP contribution is 2.58. The molecule has 2 aromatic heterocycles. The molecule has 9 nitrogen and oxygen atoms in total. The van der Waals surface area contributed by atoms with Crippen molar-refractivity contribution in [2.75, 3.05) is 17.2 Å². The Morgan fingerprint density at radius 3 is 2.61 bits per heavy atom. The molecule has 2 aromatic carbocycles. The minimum Gasteiger partial charge on any atom is -0.423 e. The normalized spacial score (nSPS) is 18.5. The van der Waals surface area contributed by atoms with Gasteiger partial charge in [0.05, 0.1) is 11.3 Å². The summed E-state index contributed by atoms with van der Waals surface area (Å²) in [5.41, 5.74) is 10.9. The lowest BCUT2D eigenvalue weighted by Gasteiger charge is -2.23. The number of hydrogen-bond donors (Lipinski definition) is 2. The van der Waals surface area contributed by atoms with Crippen LogP contribution in [-0.2, 0) is 15.0 Å². The number of nitrogen functional groups attached to an aromatic ring is 1. The number of primary amides is 1. The maximum atomic E-state index is 14.1. The van der Waals surface area contributed by atoms with Crippen LogP contribution in [0.5, 0.6) is 0 Å². The highest BCUT2D eigenvalue weighted by molar-refractivity contribution is 6.21. The lowest BCUT2D eigenvalue weighted by molar-refractivity contribution is -0.123. The molecule has 1 aliphatic heterocycles. The van der Waals surface area contributed by atoms with Crippen LogP contribution in [0, 0.1) is 0 Å². The zero-order chi connectivity index (χ0) is 21.5. The summed E-state index contributed by atoms with van der Waals surface area (Å²) < 4.78 is 11.2. The van der Waals surface area contributed by atoms with Crippen molar-refractivity contribution in [3.63, 3.8) is 0 Å². The molecule has 0 radical (unpaired) electrons. The predicted molar refractivity (Wildman–Crippen MR) is 110 cm³/mol. The molecule has 9 heteroatoms. The van der Waals surface area contributed by atoms with Gasteiger partial charge in [0.15, 0.2) is 11.2 Å².